The summed E-state index contributed by atoms with van der Waals surface area (Å²) in [6.45, 7) is 1.51. The predicted molar refractivity (Wildman–Crippen MR) is 69.3 cm³/mol. The molecule has 0 radical (unpaired) electrons. The quantitative estimate of drug-likeness (QED) is 0.500. The van der Waals surface area contributed by atoms with Gasteiger partial charge in [-0.25, -0.2) is 4.79 Å². The van der Waals surface area contributed by atoms with Crippen LogP contribution in [-0.4, -0.2) is 45.0 Å². The van der Waals surface area contributed by atoms with Crippen LogP contribution in [0.25, 0.3) is 0 Å². The number of hydrogen-bond donors (Lipinski definition) is 5. The van der Waals surface area contributed by atoms with Crippen LogP contribution in [-0.2, 0) is 4.79 Å². The van der Waals surface area contributed by atoms with Gasteiger partial charge in [-0.1, -0.05) is 6.07 Å². The number of carbonyl (C=O) groups excluding carboxylic acids is 1. The van der Waals surface area contributed by atoms with E-state index in [0.29, 0.717) is 0 Å². The van der Waals surface area contributed by atoms with Gasteiger partial charge in [0.2, 0.25) is 5.91 Å². The molecule has 110 valence electrons. The number of carboxylic acid groups (broad SMARTS) is 1. The minimum atomic E-state index is -1.37. The summed E-state index contributed by atoms with van der Waals surface area (Å²) in [5.74, 6) is -1.86. The van der Waals surface area contributed by atoms with Gasteiger partial charge in [-0.2, -0.15) is 0 Å². The number of phenolic OH excluding ortho intramolecular Hbond substituents is 1. The van der Waals surface area contributed by atoms with E-state index in [1.165, 1.54) is 19.1 Å². The van der Waals surface area contributed by atoms with Crippen molar-refractivity contribution >= 4 is 11.9 Å². The Hall–Kier alpha value is -2.12. The van der Waals surface area contributed by atoms with Gasteiger partial charge in [-0.3, -0.25) is 4.79 Å². The Morgan fingerprint density at radius 1 is 1.30 bits per heavy atom. The second kappa shape index (κ2) is 6.88. The van der Waals surface area contributed by atoms with Gasteiger partial charge >= 0.3 is 5.97 Å². The van der Waals surface area contributed by atoms with Crippen molar-refractivity contribution < 1.29 is 30.0 Å². The van der Waals surface area contributed by atoms with Crippen molar-refractivity contribution in [1.82, 2.24) is 5.32 Å². The molecule has 0 aliphatic carbocycles. The van der Waals surface area contributed by atoms with Gasteiger partial charge in [0.25, 0.3) is 0 Å². The number of aliphatic hydroxyl groups is 2. The van der Waals surface area contributed by atoms with Gasteiger partial charge in [0.1, 0.15) is 11.9 Å². The van der Waals surface area contributed by atoms with Crippen LogP contribution in [0.4, 0.5) is 0 Å². The third-order valence-corrected chi connectivity index (χ3v) is 2.77. The highest BCUT2D eigenvalue weighted by Crippen LogP contribution is 2.28. The standard InChI is InChI=1S/C13H17NO6/c1-7(15)14-5-4-10(16)12(18)9-3-2-8(13(19)20)6-11(9)17/h2-3,6,10,12,16-18H,4-5H2,1H3,(H,14,15)(H,19,20). The number of phenols is 1. The predicted octanol–water partition coefficient (Wildman–Crippen LogP) is 0.0109. The highest BCUT2D eigenvalue weighted by atomic mass is 16.4. The molecule has 0 aliphatic heterocycles. The zero-order valence-electron chi connectivity index (χ0n) is 10.9. The fourth-order valence-electron chi connectivity index (χ4n) is 1.69. The molecule has 0 fully saturated rings. The van der Waals surface area contributed by atoms with Gasteiger partial charge in [0.05, 0.1) is 11.7 Å². The Morgan fingerprint density at radius 2 is 1.95 bits per heavy atom. The lowest BCUT2D eigenvalue weighted by Gasteiger charge is -2.19. The van der Waals surface area contributed by atoms with E-state index >= 15 is 0 Å². The third kappa shape index (κ3) is 4.22. The molecule has 2 unspecified atom stereocenters. The number of aromatic carboxylic acids is 1. The molecule has 1 aromatic carbocycles. The van der Waals surface area contributed by atoms with Crippen LogP contribution in [0.1, 0.15) is 35.4 Å². The van der Waals surface area contributed by atoms with Crippen LogP contribution in [0.3, 0.4) is 0 Å². The summed E-state index contributed by atoms with van der Waals surface area (Å²) < 4.78 is 0. The molecular formula is C13H17NO6. The molecule has 0 saturated heterocycles. The second-order valence-electron chi connectivity index (χ2n) is 4.36. The summed E-state index contributed by atoms with van der Waals surface area (Å²) >= 11 is 0. The van der Waals surface area contributed by atoms with Gasteiger partial charge in [-0.05, 0) is 18.6 Å². The van der Waals surface area contributed by atoms with Crippen LogP contribution in [0.15, 0.2) is 18.2 Å². The monoisotopic (exact) mass is 283 g/mol. The molecule has 1 amide bonds. The molecule has 0 aliphatic rings. The molecule has 0 saturated carbocycles. The zero-order valence-corrected chi connectivity index (χ0v) is 10.9. The molecule has 0 aromatic heterocycles. The third-order valence-electron chi connectivity index (χ3n) is 2.77. The lowest BCUT2D eigenvalue weighted by atomic mass is 9.99. The first-order valence-corrected chi connectivity index (χ1v) is 5.99. The molecule has 2 atom stereocenters. The van der Waals surface area contributed by atoms with Crippen molar-refractivity contribution in [3.05, 3.63) is 29.3 Å². The number of hydrogen-bond acceptors (Lipinski definition) is 5. The zero-order chi connectivity index (χ0) is 15.3. The van der Waals surface area contributed by atoms with Gasteiger partial charge in [0.15, 0.2) is 0 Å². The fraction of sp³-hybridized carbons (Fsp3) is 0.385. The molecule has 7 heteroatoms. The molecule has 20 heavy (non-hydrogen) atoms. The minimum absolute atomic E-state index is 0.0327. The van der Waals surface area contributed by atoms with Gasteiger partial charge < -0.3 is 25.7 Å². The molecular weight excluding hydrogens is 266 g/mol. The number of benzene rings is 1. The molecule has 1 rings (SSSR count). The van der Waals surface area contributed by atoms with E-state index in [9.17, 15) is 24.9 Å². The topological polar surface area (TPSA) is 127 Å². The molecule has 0 spiro atoms. The van der Waals surface area contributed by atoms with Crippen LogP contribution < -0.4 is 5.32 Å². The molecule has 1 aromatic rings. The lowest BCUT2D eigenvalue weighted by Crippen LogP contribution is -2.27. The first-order valence-electron chi connectivity index (χ1n) is 5.99. The molecule has 0 heterocycles. The average Bonchev–Trinajstić information content (AvgIpc) is 2.37. The van der Waals surface area contributed by atoms with Crippen LogP contribution in [0, 0.1) is 0 Å². The van der Waals surface area contributed by atoms with E-state index in [1.54, 1.807) is 0 Å². The van der Waals surface area contributed by atoms with E-state index in [1.807, 2.05) is 0 Å². The molecule has 7 nitrogen and oxygen atoms in total. The smallest absolute Gasteiger partial charge is 0.335 e. The summed E-state index contributed by atoms with van der Waals surface area (Å²) in [6.07, 6.45) is -2.46. The Kier molecular flexibility index (Phi) is 5.48. The highest BCUT2D eigenvalue weighted by Gasteiger charge is 2.22. The summed E-state index contributed by atoms with van der Waals surface area (Å²) in [4.78, 5) is 21.4. The summed E-state index contributed by atoms with van der Waals surface area (Å²) in [5, 5.41) is 40.5. The Morgan fingerprint density at radius 3 is 2.45 bits per heavy atom. The number of aliphatic hydroxyl groups excluding tert-OH is 2. The number of carboxylic acids is 1. The summed E-state index contributed by atoms with van der Waals surface area (Å²) in [6, 6.07) is 3.47. The van der Waals surface area contributed by atoms with Crippen molar-refractivity contribution in [2.75, 3.05) is 6.54 Å². The Balaban J connectivity index is 2.73. The SMILES string of the molecule is CC(=O)NCCC(O)C(O)c1ccc(C(=O)O)cc1O. The minimum Gasteiger partial charge on any atom is -0.508 e. The van der Waals surface area contributed by atoms with E-state index < -0.39 is 23.9 Å². The molecule has 5 N–H and O–H groups in total. The van der Waals surface area contributed by atoms with Crippen molar-refractivity contribution in [3.63, 3.8) is 0 Å². The second-order valence-corrected chi connectivity index (χ2v) is 4.36. The summed E-state index contributed by atoms with van der Waals surface area (Å²) in [7, 11) is 0. The van der Waals surface area contributed by atoms with Crippen molar-refractivity contribution in [3.8, 4) is 5.75 Å². The maximum absolute atomic E-state index is 10.7. The Labute approximate surface area is 115 Å². The van der Waals surface area contributed by atoms with Crippen LogP contribution in [0.2, 0.25) is 0 Å². The number of aromatic hydroxyl groups is 1. The van der Waals surface area contributed by atoms with Crippen LogP contribution in [0.5, 0.6) is 5.75 Å². The number of carbonyl (C=O) groups is 2. The number of nitrogens with one attached hydrogen (secondary N) is 1. The van der Waals surface area contributed by atoms with Crippen molar-refractivity contribution in [2.24, 2.45) is 0 Å². The van der Waals surface area contributed by atoms with E-state index in [4.69, 9.17) is 5.11 Å². The normalized spacial score (nSPS) is 13.6. The average molecular weight is 283 g/mol. The van der Waals surface area contributed by atoms with Crippen molar-refractivity contribution in [1.29, 1.82) is 0 Å². The maximum Gasteiger partial charge on any atom is 0.335 e. The fourth-order valence-corrected chi connectivity index (χ4v) is 1.69. The highest BCUT2D eigenvalue weighted by molar-refractivity contribution is 5.88. The van der Waals surface area contributed by atoms with E-state index in [-0.39, 0.29) is 30.0 Å². The number of amides is 1. The first kappa shape index (κ1) is 15.9. The Bertz CT molecular complexity index is 502. The van der Waals surface area contributed by atoms with E-state index in [0.717, 1.165) is 6.07 Å². The largest absolute Gasteiger partial charge is 0.508 e. The number of rotatable bonds is 6. The molecule has 0 bridgehead atoms. The first-order chi connectivity index (χ1) is 9.32. The van der Waals surface area contributed by atoms with Gasteiger partial charge in [0, 0.05) is 19.0 Å². The maximum atomic E-state index is 10.7. The van der Waals surface area contributed by atoms with E-state index in [2.05, 4.69) is 5.32 Å². The lowest BCUT2D eigenvalue weighted by molar-refractivity contribution is -0.119. The summed E-state index contributed by atoms with van der Waals surface area (Å²) in [5.41, 5.74) is -0.0866. The van der Waals surface area contributed by atoms with Gasteiger partial charge in [-0.15, -0.1) is 0 Å². The van der Waals surface area contributed by atoms with Crippen LogP contribution >= 0.6 is 0 Å². The van der Waals surface area contributed by atoms with Crippen molar-refractivity contribution in [2.45, 2.75) is 25.6 Å².